The highest BCUT2D eigenvalue weighted by Gasteiger charge is 2.21. The van der Waals surface area contributed by atoms with Gasteiger partial charge in [0.15, 0.2) is 0 Å². The molecule has 1 atom stereocenters. The van der Waals surface area contributed by atoms with Crippen molar-refractivity contribution in [2.75, 3.05) is 19.7 Å². The van der Waals surface area contributed by atoms with Gasteiger partial charge >= 0.3 is 10.1 Å². The van der Waals surface area contributed by atoms with Crippen LogP contribution < -0.4 is 4.18 Å². The van der Waals surface area contributed by atoms with Gasteiger partial charge in [-0.15, -0.1) is 0 Å². The Morgan fingerprint density at radius 2 is 1.57 bits per heavy atom. The van der Waals surface area contributed by atoms with Gasteiger partial charge in [-0.2, -0.15) is 8.42 Å². The van der Waals surface area contributed by atoms with Crippen molar-refractivity contribution < 1.29 is 17.3 Å². The summed E-state index contributed by atoms with van der Waals surface area (Å²) in [5.74, 6) is 0.277. The van der Waals surface area contributed by atoms with Crippen molar-refractivity contribution in [3.05, 3.63) is 102 Å². The SMILES string of the molecule is O=S(=O)(Oc1ccc([C@H]2CN(C=Cc3ccccc3)CCO2)cc1)c1ccccc1. The standard InChI is InChI=1S/C24H23NO4S/c26-30(27,23-9-5-2-6-10-23)29-22-13-11-21(12-14-22)24-19-25(17-18-28-24)16-15-20-7-3-1-4-8-20/h1-16,24H,17-19H2/t24-/m1/s1. The van der Waals surface area contributed by atoms with Gasteiger partial charge in [-0.25, -0.2) is 0 Å². The monoisotopic (exact) mass is 421 g/mol. The molecule has 1 aliphatic rings. The zero-order valence-electron chi connectivity index (χ0n) is 16.4. The number of hydrogen-bond acceptors (Lipinski definition) is 5. The molecule has 154 valence electrons. The molecule has 3 aromatic carbocycles. The quantitative estimate of drug-likeness (QED) is 0.549. The van der Waals surface area contributed by atoms with Crippen LogP contribution in [0.15, 0.2) is 96.0 Å². The van der Waals surface area contributed by atoms with Gasteiger partial charge in [0.2, 0.25) is 0 Å². The first-order valence-electron chi connectivity index (χ1n) is 9.78. The lowest BCUT2D eigenvalue weighted by Gasteiger charge is -2.32. The van der Waals surface area contributed by atoms with Crippen LogP contribution in [-0.4, -0.2) is 33.0 Å². The smallest absolute Gasteiger partial charge is 0.339 e. The van der Waals surface area contributed by atoms with Crippen molar-refractivity contribution in [3.8, 4) is 5.75 Å². The van der Waals surface area contributed by atoms with E-state index in [0.29, 0.717) is 6.61 Å². The average molecular weight is 422 g/mol. The van der Waals surface area contributed by atoms with E-state index in [1.165, 1.54) is 12.1 Å². The summed E-state index contributed by atoms with van der Waals surface area (Å²) in [6, 6.07) is 25.3. The Labute approximate surface area is 177 Å². The second-order valence-electron chi connectivity index (χ2n) is 7.00. The van der Waals surface area contributed by atoms with Gasteiger partial charge in [-0.3, -0.25) is 0 Å². The van der Waals surface area contributed by atoms with E-state index < -0.39 is 10.1 Å². The van der Waals surface area contributed by atoms with Crippen LogP contribution in [0.4, 0.5) is 0 Å². The van der Waals surface area contributed by atoms with Crippen LogP contribution >= 0.6 is 0 Å². The largest absolute Gasteiger partial charge is 0.379 e. The fourth-order valence-corrected chi connectivity index (χ4v) is 4.21. The van der Waals surface area contributed by atoms with Gasteiger partial charge in [0.1, 0.15) is 10.6 Å². The molecule has 4 rings (SSSR count). The molecular weight excluding hydrogens is 398 g/mol. The zero-order chi connectivity index (χ0) is 20.8. The van der Waals surface area contributed by atoms with Crippen molar-refractivity contribution in [2.24, 2.45) is 0 Å². The summed E-state index contributed by atoms with van der Waals surface area (Å²) in [6.45, 7) is 2.19. The number of benzene rings is 3. The molecule has 0 aliphatic carbocycles. The zero-order valence-corrected chi connectivity index (χ0v) is 17.2. The minimum atomic E-state index is -3.84. The van der Waals surface area contributed by atoms with Crippen LogP contribution in [0.5, 0.6) is 5.75 Å². The Balaban J connectivity index is 1.40. The molecule has 0 bridgehead atoms. The Morgan fingerprint density at radius 3 is 2.27 bits per heavy atom. The van der Waals surface area contributed by atoms with E-state index in [9.17, 15) is 8.42 Å². The lowest BCUT2D eigenvalue weighted by Crippen LogP contribution is -2.34. The number of morpholine rings is 1. The molecule has 1 saturated heterocycles. The summed E-state index contributed by atoms with van der Waals surface area (Å²) in [5.41, 5.74) is 2.14. The predicted octanol–water partition coefficient (Wildman–Crippen LogP) is 4.50. The molecule has 0 unspecified atom stereocenters. The molecule has 0 saturated carbocycles. The Hall–Kier alpha value is -3.09. The summed E-state index contributed by atoms with van der Waals surface area (Å²) < 4.78 is 35.9. The van der Waals surface area contributed by atoms with Gasteiger partial charge in [-0.05, 0) is 47.7 Å². The van der Waals surface area contributed by atoms with Crippen molar-refractivity contribution in [2.45, 2.75) is 11.0 Å². The van der Waals surface area contributed by atoms with Crippen molar-refractivity contribution in [1.82, 2.24) is 4.90 Å². The van der Waals surface area contributed by atoms with Gasteiger partial charge in [0.05, 0.1) is 12.7 Å². The molecule has 30 heavy (non-hydrogen) atoms. The van der Waals surface area contributed by atoms with Crippen LogP contribution in [0.2, 0.25) is 0 Å². The summed E-state index contributed by atoms with van der Waals surface area (Å²) in [4.78, 5) is 2.36. The average Bonchev–Trinajstić information content (AvgIpc) is 2.79. The third-order valence-electron chi connectivity index (χ3n) is 4.86. The third kappa shape index (κ3) is 5.09. The van der Waals surface area contributed by atoms with E-state index in [0.717, 1.165) is 24.2 Å². The molecule has 0 radical (unpaired) electrons. The third-order valence-corrected chi connectivity index (χ3v) is 6.13. The summed E-state index contributed by atoms with van der Waals surface area (Å²) in [6.07, 6.45) is 4.10. The molecule has 1 aliphatic heterocycles. The summed E-state index contributed by atoms with van der Waals surface area (Å²) in [5, 5.41) is 0. The van der Waals surface area contributed by atoms with E-state index in [-0.39, 0.29) is 16.7 Å². The maximum atomic E-state index is 12.4. The van der Waals surface area contributed by atoms with E-state index in [4.69, 9.17) is 8.92 Å². The Bertz CT molecular complexity index is 1080. The lowest BCUT2D eigenvalue weighted by molar-refractivity contribution is -0.0135. The van der Waals surface area contributed by atoms with Crippen molar-refractivity contribution in [1.29, 1.82) is 0 Å². The van der Waals surface area contributed by atoms with Crippen LogP contribution in [0.3, 0.4) is 0 Å². The molecule has 1 fully saturated rings. The van der Waals surface area contributed by atoms with Crippen molar-refractivity contribution in [3.63, 3.8) is 0 Å². The molecule has 5 nitrogen and oxygen atoms in total. The molecule has 0 amide bonds. The molecule has 0 aromatic heterocycles. The first kappa shape index (κ1) is 20.2. The maximum Gasteiger partial charge on any atom is 0.339 e. The highest BCUT2D eigenvalue weighted by Crippen LogP contribution is 2.26. The topological polar surface area (TPSA) is 55.8 Å². The molecule has 1 heterocycles. The first-order valence-corrected chi connectivity index (χ1v) is 11.2. The van der Waals surface area contributed by atoms with Gasteiger partial charge < -0.3 is 13.8 Å². The van der Waals surface area contributed by atoms with Gasteiger partial charge in [-0.1, -0.05) is 60.7 Å². The van der Waals surface area contributed by atoms with E-state index in [2.05, 4.69) is 29.3 Å². The molecule has 3 aromatic rings. The van der Waals surface area contributed by atoms with Gasteiger partial charge in [0, 0.05) is 13.1 Å². The highest BCUT2D eigenvalue weighted by atomic mass is 32.2. The number of hydrogen-bond donors (Lipinski definition) is 0. The Kier molecular flexibility index (Phi) is 6.16. The van der Waals surface area contributed by atoms with Crippen LogP contribution in [0, 0.1) is 0 Å². The van der Waals surface area contributed by atoms with Crippen LogP contribution in [0.1, 0.15) is 17.2 Å². The van der Waals surface area contributed by atoms with Gasteiger partial charge in [0.25, 0.3) is 0 Å². The number of rotatable bonds is 6. The molecular formula is C24H23NO4S. The predicted molar refractivity (Wildman–Crippen MR) is 116 cm³/mol. The van der Waals surface area contributed by atoms with E-state index in [1.54, 1.807) is 30.3 Å². The highest BCUT2D eigenvalue weighted by molar-refractivity contribution is 7.87. The minimum Gasteiger partial charge on any atom is -0.379 e. The second-order valence-corrected chi connectivity index (χ2v) is 8.55. The number of ether oxygens (including phenoxy) is 1. The molecule has 6 heteroatoms. The normalized spacial score (nSPS) is 17.2. The molecule has 0 N–H and O–H groups in total. The first-order chi connectivity index (χ1) is 14.6. The van der Waals surface area contributed by atoms with E-state index in [1.807, 2.05) is 30.3 Å². The second kappa shape index (κ2) is 9.15. The lowest BCUT2D eigenvalue weighted by atomic mass is 10.1. The minimum absolute atomic E-state index is 0.0843. The Morgan fingerprint density at radius 1 is 0.900 bits per heavy atom. The van der Waals surface area contributed by atoms with Crippen LogP contribution in [-0.2, 0) is 14.9 Å². The maximum absolute atomic E-state index is 12.4. The fraction of sp³-hybridized carbons (Fsp3) is 0.167. The molecule has 0 spiro atoms. The van der Waals surface area contributed by atoms with E-state index >= 15 is 0 Å². The fourth-order valence-electron chi connectivity index (χ4n) is 3.26. The van der Waals surface area contributed by atoms with Crippen LogP contribution in [0.25, 0.3) is 6.08 Å². The number of nitrogens with zero attached hydrogens (tertiary/aromatic N) is 1. The van der Waals surface area contributed by atoms with Crippen molar-refractivity contribution >= 4 is 16.2 Å². The summed E-state index contributed by atoms with van der Waals surface area (Å²) >= 11 is 0. The summed E-state index contributed by atoms with van der Waals surface area (Å²) in [7, 11) is -3.84.